The molecule has 7 nitrogen and oxygen atoms in total. The van der Waals surface area contributed by atoms with E-state index in [0.717, 1.165) is 38.3 Å². The molecule has 2 N–H and O–H groups in total. The maximum Gasteiger partial charge on any atom is 0.278 e. The van der Waals surface area contributed by atoms with Crippen LogP contribution >= 0.6 is 0 Å². The summed E-state index contributed by atoms with van der Waals surface area (Å²) in [6, 6.07) is 6.98. The molecule has 1 aromatic rings. The summed E-state index contributed by atoms with van der Waals surface area (Å²) in [6.07, 6.45) is 3.55. The Hall–Kier alpha value is -2.15. The molecule has 0 unspecified atom stereocenters. The Bertz CT molecular complexity index is 685. The average Bonchev–Trinajstić information content (AvgIpc) is 2.71. The first-order valence-corrected chi connectivity index (χ1v) is 10.5. The third-order valence-electron chi connectivity index (χ3n) is 6.87. The smallest absolute Gasteiger partial charge is 0.278 e. The first kappa shape index (κ1) is 20.6. The third-order valence-corrected chi connectivity index (χ3v) is 6.87. The van der Waals surface area contributed by atoms with Gasteiger partial charge in [-0.1, -0.05) is 26.7 Å². The highest BCUT2D eigenvalue weighted by Crippen LogP contribution is 2.29. The van der Waals surface area contributed by atoms with Crippen LogP contribution in [0, 0.1) is 22.0 Å². The standard InChI is InChI=1S/C21H32N4O3/c1-15-5-4-6-20(16(15)2)22-21(26)17(3)23-11-13-24(14-12-23)18-7-9-19(10-8-18)25(27)28/h7-10,15-17,20H,4-6,11-14H2,1-3H3,(H,22,26)/p+1/t15-,16-,17-,20+/m1/s1. The van der Waals surface area contributed by atoms with Crippen LogP contribution in [0.3, 0.4) is 0 Å². The minimum Gasteiger partial charge on any atom is -0.360 e. The Morgan fingerprint density at radius 1 is 1.21 bits per heavy atom. The number of carbonyl (C=O) groups is 1. The summed E-state index contributed by atoms with van der Waals surface area (Å²) in [7, 11) is 0. The molecule has 4 atom stereocenters. The zero-order valence-electron chi connectivity index (χ0n) is 17.2. The number of hydrogen-bond donors (Lipinski definition) is 2. The van der Waals surface area contributed by atoms with Gasteiger partial charge in [-0.05, 0) is 37.3 Å². The van der Waals surface area contributed by atoms with Crippen molar-refractivity contribution in [1.29, 1.82) is 0 Å². The van der Waals surface area contributed by atoms with Gasteiger partial charge in [-0.25, -0.2) is 0 Å². The van der Waals surface area contributed by atoms with Crippen LogP contribution in [0.25, 0.3) is 0 Å². The van der Waals surface area contributed by atoms with E-state index in [1.54, 1.807) is 12.1 Å². The number of piperazine rings is 1. The Balaban J connectivity index is 1.51. The molecule has 1 aromatic carbocycles. The van der Waals surface area contributed by atoms with Gasteiger partial charge in [0, 0.05) is 23.9 Å². The lowest BCUT2D eigenvalue weighted by Gasteiger charge is -2.38. The highest BCUT2D eigenvalue weighted by Gasteiger charge is 2.33. The molecular formula is C21H33N4O3+. The quantitative estimate of drug-likeness (QED) is 0.593. The number of rotatable bonds is 5. The molecule has 1 amide bonds. The third kappa shape index (κ3) is 4.63. The molecule has 1 saturated heterocycles. The molecule has 0 radical (unpaired) electrons. The summed E-state index contributed by atoms with van der Waals surface area (Å²) in [5.74, 6) is 1.38. The van der Waals surface area contributed by atoms with Gasteiger partial charge in [0.1, 0.15) is 0 Å². The van der Waals surface area contributed by atoms with E-state index in [2.05, 4.69) is 24.1 Å². The van der Waals surface area contributed by atoms with E-state index in [0.29, 0.717) is 17.9 Å². The van der Waals surface area contributed by atoms with Crippen molar-refractivity contribution in [3.63, 3.8) is 0 Å². The van der Waals surface area contributed by atoms with E-state index in [4.69, 9.17) is 0 Å². The second-order valence-electron chi connectivity index (χ2n) is 8.52. The minimum atomic E-state index is -0.375. The molecule has 28 heavy (non-hydrogen) atoms. The number of non-ortho nitro benzene ring substituents is 1. The lowest BCUT2D eigenvalue weighted by atomic mass is 9.78. The van der Waals surface area contributed by atoms with Gasteiger partial charge in [0.25, 0.3) is 11.6 Å². The van der Waals surface area contributed by atoms with Crippen molar-refractivity contribution < 1.29 is 14.6 Å². The second-order valence-corrected chi connectivity index (χ2v) is 8.52. The number of benzene rings is 1. The number of nitrogens with zero attached hydrogens (tertiary/aromatic N) is 2. The molecule has 0 aromatic heterocycles. The normalized spacial score (nSPS) is 27.2. The van der Waals surface area contributed by atoms with Crippen LogP contribution in [0.1, 0.15) is 40.0 Å². The molecule has 1 heterocycles. The Morgan fingerprint density at radius 2 is 1.86 bits per heavy atom. The van der Waals surface area contributed by atoms with Crippen molar-refractivity contribution in [1.82, 2.24) is 5.32 Å². The minimum absolute atomic E-state index is 0.0524. The van der Waals surface area contributed by atoms with E-state index in [1.165, 1.54) is 17.7 Å². The molecule has 1 aliphatic carbocycles. The van der Waals surface area contributed by atoms with E-state index in [9.17, 15) is 14.9 Å². The van der Waals surface area contributed by atoms with Crippen LogP contribution in [0.5, 0.6) is 0 Å². The predicted octanol–water partition coefficient (Wildman–Crippen LogP) is 1.63. The number of quaternary nitrogens is 1. The zero-order valence-corrected chi connectivity index (χ0v) is 17.2. The zero-order chi connectivity index (χ0) is 20.3. The number of anilines is 1. The van der Waals surface area contributed by atoms with Gasteiger partial charge in [-0.15, -0.1) is 0 Å². The lowest BCUT2D eigenvalue weighted by molar-refractivity contribution is -0.914. The summed E-state index contributed by atoms with van der Waals surface area (Å²) < 4.78 is 0. The van der Waals surface area contributed by atoms with Crippen LogP contribution in [0.15, 0.2) is 24.3 Å². The molecule has 2 fully saturated rings. The maximum atomic E-state index is 12.8. The van der Waals surface area contributed by atoms with Crippen molar-refractivity contribution >= 4 is 17.3 Å². The Labute approximate surface area is 167 Å². The van der Waals surface area contributed by atoms with Crippen LogP contribution in [0.4, 0.5) is 11.4 Å². The fraction of sp³-hybridized carbons (Fsp3) is 0.667. The summed E-state index contributed by atoms with van der Waals surface area (Å²) in [5.41, 5.74) is 1.12. The molecule has 0 bridgehead atoms. The first-order chi connectivity index (χ1) is 13.4. The fourth-order valence-electron chi connectivity index (χ4n) is 4.55. The number of hydrogen-bond acceptors (Lipinski definition) is 4. The summed E-state index contributed by atoms with van der Waals surface area (Å²) in [6.45, 7) is 10.1. The van der Waals surface area contributed by atoms with Crippen molar-refractivity contribution in [2.45, 2.75) is 52.1 Å². The monoisotopic (exact) mass is 389 g/mol. The van der Waals surface area contributed by atoms with Gasteiger partial charge in [0.2, 0.25) is 0 Å². The maximum absolute atomic E-state index is 12.8. The van der Waals surface area contributed by atoms with Gasteiger partial charge in [0.15, 0.2) is 6.04 Å². The topological polar surface area (TPSA) is 79.9 Å². The Kier molecular flexibility index (Phi) is 6.54. The average molecular weight is 390 g/mol. The molecule has 7 heteroatoms. The molecule has 1 saturated carbocycles. The van der Waals surface area contributed by atoms with Gasteiger partial charge in [0.05, 0.1) is 31.1 Å². The number of nitrogens with one attached hydrogen (secondary N) is 2. The summed E-state index contributed by atoms with van der Waals surface area (Å²) >= 11 is 0. The molecule has 154 valence electrons. The lowest BCUT2D eigenvalue weighted by Crippen LogP contribution is -3.19. The number of amides is 1. The van der Waals surface area contributed by atoms with Crippen LogP contribution in [-0.2, 0) is 4.79 Å². The van der Waals surface area contributed by atoms with Crippen molar-refractivity contribution in [2.24, 2.45) is 11.8 Å². The van der Waals surface area contributed by atoms with E-state index in [1.807, 2.05) is 19.1 Å². The highest BCUT2D eigenvalue weighted by molar-refractivity contribution is 5.80. The van der Waals surface area contributed by atoms with E-state index >= 15 is 0 Å². The van der Waals surface area contributed by atoms with Gasteiger partial charge >= 0.3 is 0 Å². The van der Waals surface area contributed by atoms with Gasteiger partial charge in [-0.2, -0.15) is 0 Å². The molecular weight excluding hydrogens is 356 g/mol. The van der Waals surface area contributed by atoms with Gasteiger partial charge in [-0.3, -0.25) is 14.9 Å². The van der Waals surface area contributed by atoms with Gasteiger partial charge < -0.3 is 15.1 Å². The summed E-state index contributed by atoms with van der Waals surface area (Å²) in [5, 5.41) is 14.1. The summed E-state index contributed by atoms with van der Waals surface area (Å²) in [4.78, 5) is 26.8. The van der Waals surface area contributed by atoms with E-state index in [-0.39, 0.29) is 22.6 Å². The molecule has 3 rings (SSSR count). The SMILES string of the molecule is C[C@@H]1[C@H](C)CCC[C@@H]1NC(=O)[C@@H](C)[NH+]1CCN(c2ccc([N+](=O)[O-])cc2)CC1. The molecule has 0 spiro atoms. The number of nitro benzene ring substituents is 1. The van der Waals surface area contributed by atoms with Crippen molar-refractivity contribution in [2.75, 3.05) is 31.1 Å². The Morgan fingerprint density at radius 3 is 2.46 bits per heavy atom. The van der Waals surface area contributed by atoms with Crippen molar-refractivity contribution in [3.8, 4) is 0 Å². The molecule has 1 aliphatic heterocycles. The number of nitro groups is 1. The first-order valence-electron chi connectivity index (χ1n) is 10.5. The van der Waals surface area contributed by atoms with E-state index < -0.39 is 0 Å². The van der Waals surface area contributed by atoms with Crippen molar-refractivity contribution in [3.05, 3.63) is 34.4 Å². The largest absolute Gasteiger partial charge is 0.360 e. The van der Waals surface area contributed by atoms with Crippen LogP contribution < -0.4 is 15.1 Å². The number of carbonyl (C=O) groups excluding carboxylic acids is 1. The highest BCUT2D eigenvalue weighted by atomic mass is 16.6. The second kappa shape index (κ2) is 8.90. The molecule has 2 aliphatic rings. The van der Waals surface area contributed by atoms with Crippen LogP contribution in [0.2, 0.25) is 0 Å². The fourth-order valence-corrected chi connectivity index (χ4v) is 4.55. The van der Waals surface area contributed by atoms with Crippen LogP contribution in [-0.4, -0.2) is 49.1 Å². The predicted molar refractivity (Wildman–Crippen MR) is 110 cm³/mol.